The zero-order valence-corrected chi connectivity index (χ0v) is 12.0. The summed E-state index contributed by atoms with van der Waals surface area (Å²) in [4.78, 5) is 16.0. The summed E-state index contributed by atoms with van der Waals surface area (Å²) in [5, 5.41) is 6.04. The number of carbonyl (C=O) groups excluding carboxylic acids is 1. The van der Waals surface area contributed by atoms with Crippen molar-refractivity contribution in [2.75, 3.05) is 11.1 Å². The van der Waals surface area contributed by atoms with E-state index in [-0.39, 0.29) is 11.9 Å². The molecular weight excluding hydrogens is 296 g/mol. The highest BCUT2D eigenvalue weighted by atomic mass is 79.9. The summed E-state index contributed by atoms with van der Waals surface area (Å²) in [6.45, 7) is 3.72. The summed E-state index contributed by atoms with van der Waals surface area (Å²) in [5.41, 5.74) is 7.30. The zero-order chi connectivity index (χ0) is 13.3. The Morgan fingerprint density at radius 2 is 2.28 bits per heavy atom. The molecule has 0 bridgehead atoms. The Labute approximate surface area is 115 Å². The van der Waals surface area contributed by atoms with E-state index in [1.807, 2.05) is 13.8 Å². The molecule has 0 radical (unpaired) electrons. The predicted octanol–water partition coefficient (Wildman–Crippen LogP) is 1.81. The van der Waals surface area contributed by atoms with Crippen molar-refractivity contribution in [3.63, 3.8) is 0 Å². The average molecular weight is 313 g/mol. The quantitative estimate of drug-likeness (QED) is 0.792. The van der Waals surface area contributed by atoms with Gasteiger partial charge in [0.25, 0.3) is 0 Å². The predicted molar refractivity (Wildman–Crippen MR) is 75.3 cm³/mol. The lowest BCUT2D eigenvalue weighted by Crippen LogP contribution is -2.38. The summed E-state index contributed by atoms with van der Waals surface area (Å²) < 4.78 is 0.800. The topological polar surface area (TPSA) is 80.0 Å². The van der Waals surface area contributed by atoms with Gasteiger partial charge in [-0.1, -0.05) is 0 Å². The number of nitrogens with one attached hydrogen (secondary N) is 2. The summed E-state index contributed by atoms with van der Waals surface area (Å²) in [6.07, 6.45) is 3.76. The average Bonchev–Trinajstić information content (AvgIpc) is 3.13. The monoisotopic (exact) mass is 312 g/mol. The highest BCUT2D eigenvalue weighted by Crippen LogP contribution is 2.28. The number of nitrogens with two attached hydrogens (primary N) is 1. The van der Waals surface area contributed by atoms with Crippen LogP contribution in [0, 0.1) is 6.92 Å². The Hall–Kier alpha value is -1.30. The minimum Gasteiger partial charge on any atom is -0.397 e. The van der Waals surface area contributed by atoms with Crippen molar-refractivity contribution >= 4 is 33.3 Å². The Kier molecular flexibility index (Phi) is 3.75. The van der Waals surface area contributed by atoms with Gasteiger partial charge in [-0.05, 0) is 48.2 Å². The first-order chi connectivity index (χ1) is 8.49. The second-order valence-corrected chi connectivity index (χ2v) is 5.44. The summed E-state index contributed by atoms with van der Waals surface area (Å²) in [5.74, 6) is 0.640. The zero-order valence-electron chi connectivity index (χ0n) is 10.5. The molecule has 1 amide bonds. The molecular formula is C12H17BrN4O. The summed E-state index contributed by atoms with van der Waals surface area (Å²) >= 11 is 3.44. The maximum absolute atomic E-state index is 11.8. The van der Waals surface area contributed by atoms with Gasteiger partial charge in [0.15, 0.2) is 0 Å². The van der Waals surface area contributed by atoms with Crippen LogP contribution in [0.15, 0.2) is 10.7 Å². The molecule has 18 heavy (non-hydrogen) atoms. The molecule has 1 unspecified atom stereocenters. The number of pyridine rings is 1. The first-order valence-electron chi connectivity index (χ1n) is 5.96. The van der Waals surface area contributed by atoms with Crippen LogP contribution in [-0.4, -0.2) is 23.0 Å². The highest BCUT2D eigenvalue weighted by Gasteiger charge is 2.26. The lowest BCUT2D eigenvalue weighted by atomic mass is 10.2. The third kappa shape index (κ3) is 2.93. The molecule has 1 saturated carbocycles. The van der Waals surface area contributed by atoms with Crippen LogP contribution in [0.2, 0.25) is 0 Å². The van der Waals surface area contributed by atoms with E-state index in [0.29, 0.717) is 17.5 Å². The maximum atomic E-state index is 11.8. The van der Waals surface area contributed by atoms with Crippen LogP contribution < -0.4 is 16.4 Å². The Morgan fingerprint density at radius 1 is 1.61 bits per heavy atom. The number of nitrogen functional groups attached to an aromatic ring is 1. The molecule has 6 heteroatoms. The molecule has 1 aliphatic carbocycles. The molecule has 1 aliphatic rings. The van der Waals surface area contributed by atoms with Gasteiger partial charge in [-0.25, -0.2) is 4.98 Å². The number of nitrogens with zero attached hydrogens (tertiary/aromatic N) is 1. The van der Waals surface area contributed by atoms with Gasteiger partial charge in [0.05, 0.1) is 16.4 Å². The molecule has 1 atom stereocenters. The highest BCUT2D eigenvalue weighted by molar-refractivity contribution is 9.10. The standard InChI is InChI=1S/C12H17BrN4O/c1-6-9(14)5-15-11(10(6)13)16-7(2)12(18)17-8-3-4-8/h5,7-8H,3-4,14H2,1-2H3,(H,15,16)(H,17,18). The van der Waals surface area contributed by atoms with Crippen molar-refractivity contribution in [1.29, 1.82) is 0 Å². The Bertz CT molecular complexity index is 473. The lowest BCUT2D eigenvalue weighted by Gasteiger charge is -2.16. The van der Waals surface area contributed by atoms with Crippen LogP contribution in [-0.2, 0) is 4.79 Å². The van der Waals surface area contributed by atoms with Crippen molar-refractivity contribution in [1.82, 2.24) is 10.3 Å². The maximum Gasteiger partial charge on any atom is 0.242 e. The minimum absolute atomic E-state index is 0.000628. The number of halogens is 1. The molecule has 98 valence electrons. The second kappa shape index (κ2) is 5.14. The SMILES string of the molecule is Cc1c(N)cnc(NC(C)C(=O)NC2CC2)c1Br. The molecule has 4 N–H and O–H groups in total. The fourth-order valence-corrected chi connectivity index (χ4v) is 1.96. The van der Waals surface area contributed by atoms with Gasteiger partial charge in [0.1, 0.15) is 11.9 Å². The van der Waals surface area contributed by atoms with Gasteiger partial charge in [0, 0.05) is 6.04 Å². The van der Waals surface area contributed by atoms with Crippen molar-refractivity contribution < 1.29 is 4.79 Å². The van der Waals surface area contributed by atoms with Gasteiger partial charge >= 0.3 is 0 Å². The number of amides is 1. The largest absolute Gasteiger partial charge is 0.397 e. The third-order valence-corrected chi connectivity index (χ3v) is 3.94. The van der Waals surface area contributed by atoms with E-state index < -0.39 is 0 Å². The van der Waals surface area contributed by atoms with Crippen LogP contribution in [0.3, 0.4) is 0 Å². The van der Waals surface area contributed by atoms with Crippen LogP contribution in [0.4, 0.5) is 11.5 Å². The van der Waals surface area contributed by atoms with Crippen LogP contribution in [0.5, 0.6) is 0 Å². The van der Waals surface area contributed by atoms with Crippen molar-refractivity contribution in [2.24, 2.45) is 0 Å². The molecule has 2 rings (SSSR count). The van der Waals surface area contributed by atoms with E-state index >= 15 is 0 Å². The molecule has 0 saturated heterocycles. The Morgan fingerprint density at radius 3 is 2.89 bits per heavy atom. The van der Waals surface area contributed by atoms with E-state index in [4.69, 9.17) is 5.73 Å². The third-order valence-electron chi connectivity index (χ3n) is 2.97. The molecule has 1 fully saturated rings. The number of aromatic nitrogens is 1. The number of hydrogen-bond donors (Lipinski definition) is 3. The normalized spacial score (nSPS) is 16.2. The molecule has 0 aliphatic heterocycles. The smallest absolute Gasteiger partial charge is 0.242 e. The van der Waals surface area contributed by atoms with Crippen molar-refractivity contribution in [3.8, 4) is 0 Å². The van der Waals surface area contributed by atoms with E-state index in [0.717, 1.165) is 22.9 Å². The molecule has 1 aromatic heterocycles. The second-order valence-electron chi connectivity index (χ2n) is 4.65. The van der Waals surface area contributed by atoms with E-state index in [9.17, 15) is 4.79 Å². The number of rotatable bonds is 4. The molecule has 1 heterocycles. The number of anilines is 2. The van der Waals surface area contributed by atoms with E-state index in [2.05, 4.69) is 31.5 Å². The molecule has 1 aromatic rings. The van der Waals surface area contributed by atoms with E-state index in [1.54, 1.807) is 6.20 Å². The first kappa shape index (κ1) is 13.1. The fraction of sp³-hybridized carbons (Fsp3) is 0.500. The number of hydrogen-bond acceptors (Lipinski definition) is 4. The van der Waals surface area contributed by atoms with Gasteiger partial charge in [-0.2, -0.15) is 0 Å². The van der Waals surface area contributed by atoms with E-state index in [1.165, 1.54) is 0 Å². The van der Waals surface area contributed by atoms with Crippen LogP contribution in [0.1, 0.15) is 25.3 Å². The molecule has 5 nitrogen and oxygen atoms in total. The lowest BCUT2D eigenvalue weighted by molar-refractivity contribution is -0.121. The molecule has 0 spiro atoms. The van der Waals surface area contributed by atoms with Crippen molar-refractivity contribution in [2.45, 2.75) is 38.8 Å². The van der Waals surface area contributed by atoms with Gasteiger partial charge in [-0.3, -0.25) is 4.79 Å². The Balaban J connectivity index is 2.03. The summed E-state index contributed by atoms with van der Waals surface area (Å²) in [6, 6.07) is 0.0451. The van der Waals surface area contributed by atoms with Gasteiger partial charge < -0.3 is 16.4 Å². The first-order valence-corrected chi connectivity index (χ1v) is 6.76. The minimum atomic E-state index is -0.322. The van der Waals surface area contributed by atoms with Gasteiger partial charge in [0.2, 0.25) is 5.91 Å². The van der Waals surface area contributed by atoms with Crippen LogP contribution in [0.25, 0.3) is 0 Å². The van der Waals surface area contributed by atoms with Crippen LogP contribution >= 0.6 is 15.9 Å². The number of carbonyl (C=O) groups is 1. The fourth-order valence-electron chi connectivity index (χ4n) is 1.52. The molecule has 0 aromatic carbocycles. The van der Waals surface area contributed by atoms with Gasteiger partial charge in [-0.15, -0.1) is 0 Å². The van der Waals surface area contributed by atoms with Crippen molar-refractivity contribution in [3.05, 3.63) is 16.2 Å². The summed E-state index contributed by atoms with van der Waals surface area (Å²) in [7, 11) is 0.